The van der Waals surface area contributed by atoms with Gasteiger partial charge >= 0.3 is 0 Å². The predicted octanol–water partition coefficient (Wildman–Crippen LogP) is 7.71. The summed E-state index contributed by atoms with van der Waals surface area (Å²) in [5.41, 5.74) is 2.49. The van der Waals surface area contributed by atoms with E-state index < -0.39 is 28.5 Å². The van der Waals surface area contributed by atoms with Crippen LogP contribution >= 0.6 is 34.8 Å². The molecule has 0 spiro atoms. The SMILES string of the molecule is CC[C@@H](C)NC(=O)[C@H](Cc1ccccc1)N(Cc1ccc(Cl)cc1Cl)C(=O)CN(c1cccc(C)c1)S(=O)(=O)c1ccc(Cl)cc1. The summed E-state index contributed by atoms with van der Waals surface area (Å²) >= 11 is 18.8. The molecule has 0 aliphatic carbocycles. The lowest BCUT2D eigenvalue weighted by Crippen LogP contribution is -2.54. The lowest BCUT2D eigenvalue weighted by atomic mass is 10.0. The fraction of sp³-hybridized carbons (Fsp3) is 0.257. The highest BCUT2D eigenvalue weighted by Crippen LogP contribution is 2.28. The van der Waals surface area contributed by atoms with Crippen LogP contribution in [0.3, 0.4) is 0 Å². The number of halogens is 3. The molecule has 1 N–H and O–H groups in total. The summed E-state index contributed by atoms with van der Waals surface area (Å²) in [5, 5.41) is 4.13. The molecule has 7 nitrogen and oxygen atoms in total. The maximum atomic E-state index is 14.6. The van der Waals surface area contributed by atoms with Gasteiger partial charge in [0, 0.05) is 34.1 Å². The van der Waals surface area contributed by atoms with Crippen LogP contribution in [0.2, 0.25) is 15.1 Å². The topological polar surface area (TPSA) is 86.8 Å². The number of amides is 2. The van der Waals surface area contributed by atoms with Crippen LogP contribution in [0.15, 0.2) is 102 Å². The van der Waals surface area contributed by atoms with Gasteiger partial charge in [0.1, 0.15) is 12.6 Å². The number of hydrogen-bond acceptors (Lipinski definition) is 4. The molecule has 0 saturated heterocycles. The van der Waals surface area contributed by atoms with Crippen LogP contribution in [0.5, 0.6) is 0 Å². The number of carbonyl (C=O) groups is 2. The number of anilines is 1. The number of benzene rings is 4. The van der Waals surface area contributed by atoms with E-state index in [-0.39, 0.29) is 29.8 Å². The molecule has 0 aromatic heterocycles. The van der Waals surface area contributed by atoms with Crippen molar-refractivity contribution in [2.75, 3.05) is 10.8 Å². The summed E-state index contributed by atoms with van der Waals surface area (Å²) in [6.07, 6.45) is 0.871. The Morgan fingerprint density at radius 3 is 2.15 bits per heavy atom. The second-order valence-electron chi connectivity index (χ2n) is 11.1. The molecule has 2 atom stereocenters. The molecular weight excluding hydrogens is 665 g/mol. The average Bonchev–Trinajstić information content (AvgIpc) is 3.02. The Hall–Kier alpha value is -3.56. The minimum absolute atomic E-state index is 0.0335. The average molecular weight is 701 g/mol. The number of carbonyl (C=O) groups excluding carboxylic acids is 2. The number of nitrogens with zero attached hydrogens (tertiary/aromatic N) is 2. The third kappa shape index (κ3) is 9.04. The van der Waals surface area contributed by atoms with E-state index in [0.29, 0.717) is 32.7 Å². The van der Waals surface area contributed by atoms with E-state index in [2.05, 4.69) is 5.32 Å². The third-order valence-corrected chi connectivity index (χ3v) is 10.2. The molecule has 4 rings (SSSR count). The number of aryl methyl sites for hydroxylation is 1. The molecule has 4 aromatic carbocycles. The number of hydrogen-bond donors (Lipinski definition) is 1. The van der Waals surface area contributed by atoms with Crippen LogP contribution in [0.25, 0.3) is 0 Å². The largest absolute Gasteiger partial charge is 0.352 e. The highest BCUT2D eigenvalue weighted by molar-refractivity contribution is 7.92. The Bertz CT molecular complexity index is 1770. The van der Waals surface area contributed by atoms with Gasteiger partial charge in [0.2, 0.25) is 11.8 Å². The molecule has 0 aliphatic rings. The smallest absolute Gasteiger partial charge is 0.264 e. The Morgan fingerprint density at radius 2 is 1.52 bits per heavy atom. The van der Waals surface area contributed by atoms with Gasteiger partial charge in [-0.15, -0.1) is 0 Å². The van der Waals surface area contributed by atoms with Crippen LogP contribution in [0.1, 0.15) is 37.0 Å². The van der Waals surface area contributed by atoms with Crippen LogP contribution in [-0.4, -0.2) is 43.8 Å². The summed E-state index contributed by atoms with van der Waals surface area (Å²) in [5.74, 6) is -0.954. The van der Waals surface area contributed by atoms with Crippen molar-refractivity contribution in [3.63, 3.8) is 0 Å². The lowest BCUT2D eigenvalue weighted by Gasteiger charge is -2.34. The van der Waals surface area contributed by atoms with E-state index in [0.717, 1.165) is 15.4 Å². The first-order chi connectivity index (χ1) is 21.9. The van der Waals surface area contributed by atoms with Crippen molar-refractivity contribution in [3.8, 4) is 0 Å². The van der Waals surface area contributed by atoms with Crippen molar-refractivity contribution in [2.24, 2.45) is 0 Å². The molecule has 0 radical (unpaired) electrons. The van der Waals surface area contributed by atoms with E-state index in [1.165, 1.54) is 29.2 Å². The maximum Gasteiger partial charge on any atom is 0.264 e. The fourth-order valence-corrected chi connectivity index (χ4v) is 6.87. The molecule has 0 heterocycles. The molecular formula is C35H36Cl3N3O4S. The summed E-state index contributed by atoms with van der Waals surface area (Å²) in [6.45, 7) is 5.03. The molecule has 4 aromatic rings. The number of rotatable bonds is 13. The highest BCUT2D eigenvalue weighted by Gasteiger charge is 2.35. The van der Waals surface area contributed by atoms with Gasteiger partial charge in [-0.2, -0.15) is 0 Å². The molecule has 242 valence electrons. The predicted molar refractivity (Wildman–Crippen MR) is 186 cm³/mol. The quantitative estimate of drug-likeness (QED) is 0.155. The van der Waals surface area contributed by atoms with Crippen LogP contribution < -0.4 is 9.62 Å². The Morgan fingerprint density at radius 1 is 0.848 bits per heavy atom. The van der Waals surface area contributed by atoms with Crippen molar-refractivity contribution < 1.29 is 18.0 Å². The molecule has 0 bridgehead atoms. The standard InChI is InChI=1S/C35H36Cl3N3O4S/c1-4-25(3)39-35(43)33(20-26-10-6-5-7-11-26)40(22-27-13-14-29(37)21-32(27)38)34(42)23-41(30-12-8-9-24(2)19-30)46(44,45)31-17-15-28(36)16-18-31/h5-19,21,25,33H,4,20,22-23H2,1-3H3,(H,39,43)/t25-,33+/m1/s1. The molecule has 46 heavy (non-hydrogen) atoms. The summed E-state index contributed by atoms with van der Waals surface area (Å²) in [7, 11) is -4.25. The molecule has 0 unspecified atom stereocenters. The van der Waals surface area contributed by atoms with Crippen molar-refractivity contribution in [3.05, 3.63) is 129 Å². The van der Waals surface area contributed by atoms with E-state index in [9.17, 15) is 18.0 Å². The molecule has 2 amide bonds. The van der Waals surface area contributed by atoms with Gasteiger partial charge in [0.25, 0.3) is 10.0 Å². The first-order valence-electron chi connectivity index (χ1n) is 14.8. The zero-order chi connectivity index (χ0) is 33.4. The summed E-state index contributed by atoms with van der Waals surface area (Å²) < 4.78 is 29.3. The first kappa shape index (κ1) is 35.3. The molecule has 0 fully saturated rings. The lowest BCUT2D eigenvalue weighted by molar-refractivity contribution is -0.140. The minimum Gasteiger partial charge on any atom is -0.352 e. The highest BCUT2D eigenvalue weighted by atomic mass is 35.5. The fourth-order valence-electron chi connectivity index (χ4n) is 4.87. The van der Waals surface area contributed by atoms with Gasteiger partial charge < -0.3 is 10.2 Å². The second kappa shape index (κ2) is 15.8. The molecule has 0 saturated carbocycles. The van der Waals surface area contributed by atoms with Crippen molar-refractivity contribution in [1.82, 2.24) is 10.2 Å². The van der Waals surface area contributed by atoms with E-state index in [4.69, 9.17) is 34.8 Å². The third-order valence-electron chi connectivity index (χ3n) is 7.60. The van der Waals surface area contributed by atoms with Gasteiger partial charge in [-0.3, -0.25) is 13.9 Å². The monoisotopic (exact) mass is 699 g/mol. The van der Waals surface area contributed by atoms with Crippen LogP contribution in [-0.2, 0) is 32.6 Å². The van der Waals surface area contributed by atoms with Gasteiger partial charge in [-0.25, -0.2) is 8.42 Å². The van der Waals surface area contributed by atoms with Crippen molar-refractivity contribution >= 4 is 62.3 Å². The zero-order valence-corrected chi connectivity index (χ0v) is 28.9. The van der Waals surface area contributed by atoms with Crippen molar-refractivity contribution in [2.45, 2.75) is 57.1 Å². The minimum atomic E-state index is -4.25. The summed E-state index contributed by atoms with van der Waals surface area (Å²) in [6, 6.07) is 25.8. The molecule has 0 aliphatic heterocycles. The number of sulfonamides is 1. The zero-order valence-electron chi connectivity index (χ0n) is 25.8. The van der Waals surface area contributed by atoms with Gasteiger partial charge in [-0.05, 0) is 85.5 Å². The van der Waals surface area contributed by atoms with Gasteiger partial charge in [0.05, 0.1) is 10.6 Å². The Kier molecular flexibility index (Phi) is 12.1. The van der Waals surface area contributed by atoms with Crippen molar-refractivity contribution in [1.29, 1.82) is 0 Å². The van der Waals surface area contributed by atoms with E-state index in [1.807, 2.05) is 57.2 Å². The normalized spacial score (nSPS) is 12.7. The Balaban J connectivity index is 1.83. The van der Waals surface area contributed by atoms with Crippen LogP contribution in [0.4, 0.5) is 5.69 Å². The Labute approximate surface area is 286 Å². The number of nitrogens with one attached hydrogen (secondary N) is 1. The van der Waals surface area contributed by atoms with E-state index in [1.54, 1.807) is 36.4 Å². The van der Waals surface area contributed by atoms with Gasteiger partial charge in [-0.1, -0.05) is 90.3 Å². The maximum absolute atomic E-state index is 14.6. The van der Waals surface area contributed by atoms with Gasteiger partial charge in [0.15, 0.2) is 0 Å². The van der Waals surface area contributed by atoms with E-state index >= 15 is 0 Å². The summed E-state index contributed by atoms with van der Waals surface area (Å²) in [4.78, 5) is 29.9. The van der Waals surface area contributed by atoms with Crippen LogP contribution in [0, 0.1) is 6.92 Å². The second-order valence-corrected chi connectivity index (χ2v) is 14.2. The molecule has 11 heteroatoms. The first-order valence-corrected chi connectivity index (χ1v) is 17.4.